The van der Waals surface area contributed by atoms with Crippen LogP contribution in [0.25, 0.3) is 0 Å². The minimum Gasteiger partial charge on any atom is -0.339 e. The van der Waals surface area contributed by atoms with Gasteiger partial charge in [0.15, 0.2) is 0 Å². The van der Waals surface area contributed by atoms with Crippen LogP contribution in [0.5, 0.6) is 0 Å². The Bertz CT molecular complexity index is 568. The molecule has 1 aromatic heterocycles. The highest BCUT2D eigenvalue weighted by Gasteiger charge is 2.02. The predicted octanol–water partition coefficient (Wildman–Crippen LogP) is 3.02. The molecule has 5 heteroatoms. The number of hydrogen-bond acceptors (Lipinski definition) is 2. The molecular weight excluding hydrogens is 275 g/mol. The Labute approximate surface area is 99.5 Å². The Morgan fingerprint density at radius 2 is 2.06 bits per heavy atom. The number of benzene rings is 1. The van der Waals surface area contributed by atoms with Crippen LogP contribution in [-0.2, 0) is 0 Å². The number of rotatable bonds is 2. The predicted molar refractivity (Wildman–Crippen MR) is 64.4 cm³/mol. The maximum absolute atomic E-state index is 13.5. The normalized spacial score (nSPS) is 10.1. The summed E-state index contributed by atoms with van der Waals surface area (Å²) in [5.74, 6) is 0.0628. The molecule has 0 radical (unpaired) electrons. The minimum absolute atomic E-state index is 0.234. The molecule has 16 heavy (non-hydrogen) atoms. The highest BCUT2D eigenvalue weighted by Crippen LogP contribution is 2.21. The van der Waals surface area contributed by atoms with Gasteiger partial charge in [-0.25, -0.2) is 4.39 Å². The van der Waals surface area contributed by atoms with Gasteiger partial charge in [-0.1, -0.05) is 22.0 Å². The summed E-state index contributed by atoms with van der Waals surface area (Å²) >= 11 is 3.17. The fourth-order valence-corrected chi connectivity index (χ4v) is 1.59. The van der Waals surface area contributed by atoms with Gasteiger partial charge in [-0.05, 0) is 24.3 Å². The van der Waals surface area contributed by atoms with E-state index in [2.05, 4.69) is 26.2 Å². The van der Waals surface area contributed by atoms with Crippen molar-refractivity contribution in [3.05, 3.63) is 57.0 Å². The zero-order valence-corrected chi connectivity index (χ0v) is 9.71. The highest BCUT2D eigenvalue weighted by atomic mass is 79.9. The van der Waals surface area contributed by atoms with E-state index in [0.29, 0.717) is 16.0 Å². The van der Waals surface area contributed by atoms with Crippen LogP contribution < -0.4 is 10.9 Å². The van der Waals surface area contributed by atoms with Gasteiger partial charge in [0.25, 0.3) is 0 Å². The van der Waals surface area contributed by atoms with Gasteiger partial charge in [-0.3, -0.25) is 4.79 Å². The second kappa shape index (κ2) is 4.49. The van der Waals surface area contributed by atoms with Crippen molar-refractivity contribution in [1.29, 1.82) is 0 Å². The second-order valence-electron chi connectivity index (χ2n) is 3.18. The number of aromatic nitrogens is 1. The molecular formula is C11H8BrFN2O. The number of aromatic amines is 1. The summed E-state index contributed by atoms with van der Waals surface area (Å²) in [7, 11) is 0. The third-order valence-electron chi connectivity index (χ3n) is 1.97. The summed E-state index contributed by atoms with van der Waals surface area (Å²) < 4.78 is 14.1. The quantitative estimate of drug-likeness (QED) is 0.889. The summed E-state index contributed by atoms with van der Waals surface area (Å²) in [4.78, 5) is 13.6. The maximum Gasteiger partial charge on any atom is 0.249 e. The molecule has 2 rings (SSSR count). The lowest BCUT2D eigenvalue weighted by Crippen LogP contribution is -2.06. The molecule has 82 valence electrons. The Hall–Kier alpha value is -1.62. The molecule has 2 aromatic rings. The van der Waals surface area contributed by atoms with E-state index in [4.69, 9.17) is 0 Å². The van der Waals surface area contributed by atoms with Crippen molar-refractivity contribution in [3.63, 3.8) is 0 Å². The molecule has 0 aliphatic rings. The van der Waals surface area contributed by atoms with Crippen LogP contribution in [0.2, 0.25) is 0 Å². The lowest BCUT2D eigenvalue weighted by molar-refractivity contribution is 0.631. The van der Waals surface area contributed by atoms with Gasteiger partial charge in [0.1, 0.15) is 11.6 Å². The molecule has 0 spiro atoms. The zero-order chi connectivity index (χ0) is 11.5. The summed E-state index contributed by atoms with van der Waals surface area (Å²) in [6.45, 7) is 0. The Balaban J connectivity index is 2.30. The molecule has 0 aliphatic carbocycles. The molecule has 1 heterocycles. The highest BCUT2D eigenvalue weighted by molar-refractivity contribution is 9.10. The lowest BCUT2D eigenvalue weighted by Gasteiger charge is -2.06. The summed E-state index contributed by atoms with van der Waals surface area (Å²) in [6, 6.07) is 9.30. The van der Waals surface area contributed by atoms with E-state index in [-0.39, 0.29) is 11.4 Å². The summed E-state index contributed by atoms with van der Waals surface area (Å²) in [5, 5.41) is 2.79. The van der Waals surface area contributed by atoms with E-state index < -0.39 is 0 Å². The van der Waals surface area contributed by atoms with Crippen LogP contribution in [0.1, 0.15) is 0 Å². The first-order chi connectivity index (χ1) is 7.65. The number of halogens is 2. The monoisotopic (exact) mass is 282 g/mol. The smallest absolute Gasteiger partial charge is 0.249 e. The maximum atomic E-state index is 13.5. The van der Waals surface area contributed by atoms with Crippen LogP contribution in [0.4, 0.5) is 15.9 Å². The van der Waals surface area contributed by atoms with E-state index in [1.165, 1.54) is 12.1 Å². The number of H-pyrrole nitrogens is 1. The molecule has 0 fully saturated rings. The van der Waals surface area contributed by atoms with Gasteiger partial charge in [0.2, 0.25) is 5.56 Å². The van der Waals surface area contributed by atoms with Crippen molar-refractivity contribution in [2.45, 2.75) is 0 Å². The van der Waals surface area contributed by atoms with Crippen molar-refractivity contribution in [1.82, 2.24) is 4.98 Å². The molecule has 0 aliphatic heterocycles. The first kappa shape index (κ1) is 10.9. The first-order valence-corrected chi connectivity index (χ1v) is 5.36. The van der Waals surface area contributed by atoms with Gasteiger partial charge < -0.3 is 10.3 Å². The van der Waals surface area contributed by atoms with Crippen LogP contribution in [0, 0.1) is 5.82 Å². The molecule has 0 saturated carbocycles. The van der Waals surface area contributed by atoms with Crippen molar-refractivity contribution in [3.8, 4) is 0 Å². The second-order valence-corrected chi connectivity index (χ2v) is 4.09. The lowest BCUT2D eigenvalue weighted by atomic mass is 10.3. The van der Waals surface area contributed by atoms with Gasteiger partial charge in [0.05, 0.1) is 5.69 Å². The molecule has 0 unspecified atom stereocenters. The molecule has 0 amide bonds. The van der Waals surface area contributed by atoms with Gasteiger partial charge in [-0.15, -0.1) is 0 Å². The van der Waals surface area contributed by atoms with E-state index in [0.717, 1.165) is 0 Å². The molecule has 0 saturated heterocycles. The largest absolute Gasteiger partial charge is 0.339 e. The van der Waals surface area contributed by atoms with E-state index in [9.17, 15) is 9.18 Å². The van der Waals surface area contributed by atoms with E-state index in [1.54, 1.807) is 24.3 Å². The topological polar surface area (TPSA) is 44.9 Å². The number of pyridine rings is 1. The van der Waals surface area contributed by atoms with Crippen molar-refractivity contribution in [2.75, 3.05) is 5.32 Å². The number of nitrogens with one attached hydrogen (secondary N) is 2. The molecule has 2 N–H and O–H groups in total. The molecule has 1 aromatic carbocycles. The summed E-state index contributed by atoms with van der Waals surface area (Å²) in [5.41, 5.74) is 0.0765. The van der Waals surface area contributed by atoms with Crippen molar-refractivity contribution >= 4 is 27.4 Å². The van der Waals surface area contributed by atoms with Gasteiger partial charge in [0, 0.05) is 10.5 Å². The SMILES string of the molecule is O=c1cccc(Nc2ccc(Br)cc2F)[nH]1. The van der Waals surface area contributed by atoms with Crippen LogP contribution in [-0.4, -0.2) is 4.98 Å². The molecule has 0 atom stereocenters. The average Bonchev–Trinajstić information content (AvgIpc) is 2.22. The average molecular weight is 283 g/mol. The third-order valence-corrected chi connectivity index (χ3v) is 2.46. The fourth-order valence-electron chi connectivity index (χ4n) is 1.26. The van der Waals surface area contributed by atoms with Gasteiger partial charge in [-0.2, -0.15) is 0 Å². The van der Waals surface area contributed by atoms with E-state index >= 15 is 0 Å². The summed E-state index contributed by atoms with van der Waals surface area (Å²) in [6.07, 6.45) is 0. The van der Waals surface area contributed by atoms with Crippen molar-refractivity contribution < 1.29 is 4.39 Å². The standard InChI is InChI=1S/C11H8BrFN2O/c12-7-4-5-9(8(13)6-7)14-10-2-1-3-11(16)15-10/h1-6H,(H2,14,15,16). The molecule has 3 nitrogen and oxygen atoms in total. The van der Waals surface area contributed by atoms with Crippen molar-refractivity contribution in [2.24, 2.45) is 0 Å². The van der Waals surface area contributed by atoms with Gasteiger partial charge >= 0.3 is 0 Å². The number of anilines is 2. The zero-order valence-electron chi connectivity index (χ0n) is 8.13. The van der Waals surface area contributed by atoms with Crippen LogP contribution >= 0.6 is 15.9 Å². The molecule has 0 bridgehead atoms. The number of hydrogen-bond donors (Lipinski definition) is 2. The first-order valence-electron chi connectivity index (χ1n) is 4.56. The fraction of sp³-hybridized carbons (Fsp3) is 0. The Morgan fingerprint density at radius 1 is 1.25 bits per heavy atom. The van der Waals surface area contributed by atoms with Crippen LogP contribution in [0.15, 0.2) is 45.7 Å². The Kier molecular flexibility index (Phi) is 3.05. The Morgan fingerprint density at radius 3 is 2.75 bits per heavy atom. The van der Waals surface area contributed by atoms with Crippen LogP contribution in [0.3, 0.4) is 0 Å². The minimum atomic E-state index is -0.390. The van der Waals surface area contributed by atoms with E-state index in [1.807, 2.05) is 0 Å². The third kappa shape index (κ3) is 2.49.